The number of carbonyl (C=O) groups excluding carboxylic acids is 1. The highest BCUT2D eigenvalue weighted by Gasteiger charge is 2.39. The van der Waals surface area contributed by atoms with E-state index in [0.717, 1.165) is 47.2 Å². The molecule has 4 N–H and O–H groups in total. The van der Waals surface area contributed by atoms with Crippen LogP contribution in [0.3, 0.4) is 0 Å². The summed E-state index contributed by atoms with van der Waals surface area (Å²) in [6.07, 6.45) is 26.2. The first-order valence-electron chi connectivity index (χ1n) is 20.1. The number of carboxylic acid groups (broad SMARTS) is 1. The number of carboxylic acids is 1. The number of nitrogens with zero attached hydrogens (tertiary/aromatic N) is 2. The highest BCUT2D eigenvalue weighted by Crippen LogP contribution is 2.49. The van der Waals surface area contributed by atoms with Gasteiger partial charge in [-0.15, -0.1) is 0 Å². The molecule has 55 heavy (non-hydrogen) atoms. The van der Waals surface area contributed by atoms with Crippen molar-refractivity contribution >= 4 is 11.9 Å². The van der Waals surface area contributed by atoms with Crippen molar-refractivity contribution in [2.75, 3.05) is 13.1 Å². The van der Waals surface area contributed by atoms with Crippen molar-refractivity contribution in [2.45, 2.75) is 89.9 Å². The maximum atomic E-state index is 12.6. The Bertz CT molecular complexity index is 1950. The predicted octanol–water partition coefficient (Wildman–Crippen LogP) is 9.06. The minimum atomic E-state index is -0.932. The standard InChI is InChI=1S/C24H26N2O.C14H9NO2.C10H19N/c27-23(26-18-24(13-1-2-14-24)17-21-5-6-21)22-9-7-19(8-10-22)3-4-20-11-15-25-16-12-20;16-14(17)13-5-3-11(4-6-13)1-2-12-7-9-15-10-8-12;11-8-10(5-1-2-6-10)7-9-3-4-9/h7-12,15-16,21H,1-2,5-6,13-14,17-18H2,(H,26,27);3-10H,(H,16,17);9H,1-8,11H2. The van der Waals surface area contributed by atoms with Gasteiger partial charge in [0.05, 0.1) is 5.56 Å². The second kappa shape index (κ2) is 19.4. The van der Waals surface area contributed by atoms with Crippen LogP contribution in [0.5, 0.6) is 0 Å². The fraction of sp³-hybridized carbons (Fsp3) is 0.417. The maximum Gasteiger partial charge on any atom is 0.335 e. The number of nitrogens with one attached hydrogen (secondary N) is 1. The molecule has 4 saturated carbocycles. The maximum absolute atomic E-state index is 12.6. The lowest BCUT2D eigenvalue weighted by molar-refractivity contribution is 0.0696. The van der Waals surface area contributed by atoms with Gasteiger partial charge in [0, 0.05) is 59.1 Å². The summed E-state index contributed by atoms with van der Waals surface area (Å²) in [6.45, 7) is 1.77. The average Bonchev–Trinajstić information content (AvgIpc) is 4.13. The van der Waals surface area contributed by atoms with E-state index in [9.17, 15) is 9.59 Å². The predicted molar refractivity (Wildman–Crippen MR) is 218 cm³/mol. The number of amides is 1. The molecule has 4 aliphatic carbocycles. The van der Waals surface area contributed by atoms with E-state index in [1.165, 1.54) is 89.9 Å². The molecule has 0 aliphatic heterocycles. The molecule has 2 heterocycles. The van der Waals surface area contributed by atoms with Gasteiger partial charge in [0.15, 0.2) is 0 Å². The van der Waals surface area contributed by atoms with Crippen molar-refractivity contribution in [2.24, 2.45) is 28.4 Å². The number of hydrogen-bond acceptors (Lipinski definition) is 5. The molecule has 4 aliphatic rings. The van der Waals surface area contributed by atoms with Crippen molar-refractivity contribution in [3.63, 3.8) is 0 Å². The van der Waals surface area contributed by atoms with Crippen LogP contribution in [0.15, 0.2) is 97.6 Å². The Labute approximate surface area is 327 Å². The van der Waals surface area contributed by atoms with Crippen molar-refractivity contribution in [1.82, 2.24) is 15.3 Å². The minimum absolute atomic E-state index is 0.0331. The molecule has 8 rings (SSSR count). The number of pyridine rings is 2. The molecule has 0 bridgehead atoms. The van der Waals surface area contributed by atoms with Crippen LogP contribution in [0.4, 0.5) is 0 Å². The number of benzene rings is 2. The van der Waals surface area contributed by atoms with Crippen LogP contribution in [-0.4, -0.2) is 40.0 Å². The highest BCUT2D eigenvalue weighted by molar-refractivity contribution is 5.94. The second-order valence-corrected chi connectivity index (χ2v) is 16.0. The van der Waals surface area contributed by atoms with Crippen molar-refractivity contribution in [3.05, 3.63) is 131 Å². The molecule has 4 aromatic rings. The SMILES string of the molecule is NCC1(CC2CC2)CCCC1.O=C(NCC1(CC2CC2)CCCC1)c1ccc(C#Cc2ccncc2)cc1.O=C(O)c1ccc(C#Cc2ccncc2)cc1. The van der Waals surface area contributed by atoms with E-state index in [1.807, 2.05) is 48.5 Å². The Balaban J connectivity index is 0.000000156. The molecule has 7 heteroatoms. The molecule has 0 radical (unpaired) electrons. The van der Waals surface area contributed by atoms with E-state index in [4.69, 9.17) is 10.8 Å². The number of nitrogens with two attached hydrogens (primary N) is 1. The lowest BCUT2D eigenvalue weighted by Crippen LogP contribution is -2.36. The molecular weight excluding hydrogens is 681 g/mol. The Morgan fingerprint density at radius 3 is 1.38 bits per heavy atom. The first kappa shape index (κ1) is 39.5. The van der Waals surface area contributed by atoms with E-state index in [0.29, 0.717) is 16.4 Å². The van der Waals surface area contributed by atoms with Crippen LogP contribution < -0.4 is 11.1 Å². The van der Waals surface area contributed by atoms with E-state index >= 15 is 0 Å². The molecule has 1 amide bonds. The van der Waals surface area contributed by atoms with Gasteiger partial charge in [-0.2, -0.15) is 0 Å². The van der Waals surface area contributed by atoms with E-state index < -0.39 is 5.97 Å². The van der Waals surface area contributed by atoms with E-state index in [-0.39, 0.29) is 11.5 Å². The molecule has 0 saturated heterocycles. The first-order chi connectivity index (χ1) is 26.8. The molecule has 0 unspecified atom stereocenters. The summed E-state index contributed by atoms with van der Waals surface area (Å²) < 4.78 is 0. The van der Waals surface area contributed by atoms with Gasteiger partial charge in [-0.3, -0.25) is 14.8 Å². The first-order valence-corrected chi connectivity index (χ1v) is 20.1. The van der Waals surface area contributed by atoms with Crippen molar-refractivity contribution < 1.29 is 14.7 Å². The normalized spacial score (nSPS) is 17.4. The Hall–Kier alpha value is -5.24. The fourth-order valence-electron chi connectivity index (χ4n) is 7.99. The molecule has 2 aromatic heterocycles. The van der Waals surface area contributed by atoms with Gasteiger partial charge < -0.3 is 16.2 Å². The molecule has 4 fully saturated rings. The van der Waals surface area contributed by atoms with E-state index in [2.05, 4.69) is 39.0 Å². The third-order valence-electron chi connectivity index (χ3n) is 11.6. The van der Waals surface area contributed by atoms with Crippen LogP contribution in [0.1, 0.15) is 133 Å². The molecule has 7 nitrogen and oxygen atoms in total. The van der Waals surface area contributed by atoms with Crippen LogP contribution in [0.2, 0.25) is 0 Å². The number of carbonyl (C=O) groups is 2. The Morgan fingerprint density at radius 1 is 0.600 bits per heavy atom. The molecule has 0 spiro atoms. The number of hydrogen-bond donors (Lipinski definition) is 3. The van der Waals surface area contributed by atoms with Gasteiger partial charge in [0.2, 0.25) is 0 Å². The summed E-state index contributed by atoms with van der Waals surface area (Å²) >= 11 is 0. The van der Waals surface area contributed by atoms with Gasteiger partial charge in [-0.25, -0.2) is 4.79 Å². The minimum Gasteiger partial charge on any atom is -0.478 e. The van der Waals surface area contributed by atoms with Gasteiger partial charge in [0.25, 0.3) is 5.91 Å². The van der Waals surface area contributed by atoms with E-state index in [1.54, 1.807) is 49.1 Å². The van der Waals surface area contributed by atoms with Crippen LogP contribution in [0.25, 0.3) is 0 Å². The summed E-state index contributed by atoms with van der Waals surface area (Å²) in [7, 11) is 0. The number of aromatic nitrogens is 2. The molecular formula is C48H54N4O3. The smallest absolute Gasteiger partial charge is 0.335 e. The summed E-state index contributed by atoms with van der Waals surface area (Å²) in [6, 6.07) is 21.4. The third kappa shape index (κ3) is 12.7. The van der Waals surface area contributed by atoms with Gasteiger partial charge >= 0.3 is 5.97 Å². The largest absolute Gasteiger partial charge is 0.478 e. The quantitative estimate of drug-likeness (QED) is 0.148. The summed E-state index contributed by atoms with van der Waals surface area (Å²) in [5.74, 6) is 13.3. The van der Waals surface area contributed by atoms with Gasteiger partial charge in [0.1, 0.15) is 0 Å². The van der Waals surface area contributed by atoms with Gasteiger partial charge in [-0.1, -0.05) is 75.0 Å². The van der Waals surface area contributed by atoms with Crippen molar-refractivity contribution in [3.8, 4) is 23.7 Å². The Morgan fingerprint density at radius 2 is 0.982 bits per heavy atom. The molecule has 2 aromatic carbocycles. The Kier molecular flexibility index (Phi) is 13.9. The third-order valence-corrected chi connectivity index (χ3v) is 11.6. The lowest BCUT2D eigenvalue weighted by Gasteiger charge is -2.29. The van der Waals surface area contributed by atoms with Crippen LogP contribution in [0, 0.1) is 46.3 Å². The average molecular weight is 735 g/mol. The zero-order chi connectivity index (χ0) is 38.4. The lowest BCUT2D eigenvalue weighted by atomic mass is 9.80. The summed E-state index contributed by atoms with van der Waals surface area (Å²) in [5, 5.41) is 12.0. The zero-order valence-corrected chi connectivity index (χ0v) is 31.9. The highest BCUT2D eigenvalue weighted by atomic mass is 16.4. The molecule has 284 valence electrons. The second-order valence-electron chi connectivity index (χ2n) is 16.0. The monoisotopic (exact) mass is 734 g/mol. The topological polar surface area (TPSA) is 118 Å². The summed E-state index contributed by atoms with van der Waals surface area (Å²) in [5.41, 5.74) is 11.3. The van der Waals surface area contributed by atoms with Crippen LogP contribution >= 0.6 is 0 Å². The fourth-order valence-corrected chi connectivity index (χ4v) is 7.99. The number of aromatic carboxylic acids is 1. The van der Waals surface area contributed by atoms with Crippen molar-refractivity contribution in [1.29, 1.82) is 0 Å². The summed E-state index contributed by atoms with van der Waals surface area (Å²) in [4.78, 5) is 31.1. The van der Waals surface area contributed by atoms with Gasteiger partial charge in [-0.05, 0) is 141 Å². The number of rotatable bonds is 9. The zero-order valence-electron chi connectivity index (χ0n) is 31.9. The molecule has 0 atom stereocenters. The van der Waals surface area contributed by atoms with Crippen LogP contribution in [-0.2, 0) is 0 Å².